The Morgan fingerprint density at radius 1 is 1.14 bits per heavy atom. The average molecular weight is 386 g/mol. The Hall–Kier alpha value is -2.44. The maximum atomic E-state index is 13.3. The van der Waals surface area contributed by atoms with Crippen molar-refractivity contribution in [3.05, 3.63) is 65.5 Å². The van der Waals surface area contributed by atoms with Gasteiger partial charge in [-0.2, -0.15) is 0 Å². The van der Waals surface area contributed by atoms with E-state index in [1.54, 1.807) is 12.1 Å². The number of carbonyl (C=O) groups is 1. The van der Waals surface area contributed by atoms with Crippen LogP contribution < -0.4 is 10.1 Å². The van der Waals surface area contributed by atoms with E-state index in [-0.39, 0.29) is 17.8 Å². The van der Waals surface area contributed by atoms with Crippen LogP contribution >= 0.6 is 0 Å². The maximum absolute atomic E-state index is 13.3. The number of morpholine rings is 1. The van der Waals surface area contributed by atoms with Crippen molar-refractivity contribution in [2.24, 2.45) is 0 Å². The van der Waals surface area contributed by atoms with Crippen molar-refractivity contribution in [2.75, 3.05) is 39.5 Å². The predicted molar refractivity (Wildman–Crippen MR) is 106 cm³/mol. The summed E-state index contributed by atoms with van der Waals surface area (Å²) >= 11 is 0. The van der Waals surface area contributed by atoms with Gasteiger partial charge in [-0.25, -0.2) is 4.39 Å². The van der Waals surface area contributed by atoms with Crippen LogP contribution in [-0.2, 0) is 16.0 Å². The maximum Gasteiger partial charge on any atom is 0.224 e. The second-order valence-corrected chi connectivity index (χ2v) is 6.77. The zero-order chi connectivity index (χ0) is 19.8. The highest BCUT2D eigenvalue weighted by atomic mass is 19.1. The van der Waals surface area contributed by atoms with Gasteiger partial charge in [0.15, 0.2) is 0 Å². The van der Waals surface area contributed by atoms with Crippen molar-refractivity contribution in [2.45, 2.75) is 19.4 Å². The van der Waals surface area contributed by atoms with Gasteiger partial charge in [-0.3, -0.25) is 9.69 Å². The third-order valence-electron chi connectivity index (χ3n) is 4.83. The van der Waals surface area contributed by atoms with Crippen molar-refractivity contribution in [3.8, 4) is 5.75 Å². The Bertz CT molecular complexity index is 743. The minimum Gasteiger partial charge on any atom is -0.494 e. The molecule has 3 rings (SSSR count). The quantitative estimate of drug-likeness (QED) is 0.758. The molecule has 1 N–H and O–H groups in total. The fourth-order valence-electron chi connectivity index (χ4n) is 3.36. The molecule has 28 heavy (non-hydrogen) atoms. The summed E-state index contributed by atoms with van der Waals surface area (Å²) in [6.45, 7) is 5.93. The van der Waals surface area contributed by atoms with E-state index in [2.05, 4.69) is 10.2 Å². The highest BCUT2D eigenvalue weighted by molar-refractivity contribution is 5.78. The summed E-state index contributed by atoms with van der Waals surface area (Å²) in [6, 6.07) is 14.1. The molecule has 1 atom stereocenters. The van der Waals surface area contributed by atoms with E-state index in [1.165, 1.54) is 12.1 Å². The van der Waals surface area contributed by atoms with E-state index in [0.717, 1.165) is 30.0 Å². The molecule has 150 valence electrons. The minimum atomic E-state index is -0.260. The van der Waals surface area contributed by atoms with E-state index < -0.39 is 0 Å². The second-order valence-electron chi connectivity index (χ2n) is 6.77. The molecular formula is C22H27FN2O3. The molecule has 1 heterocycles. The number of hydrogen-bond donors (Lipinski definition) is 1. The SMILES string of the molecule is CCOc1ccc(CC(=O)NC[C@@H](c2ccc(F)cc2)N2CCOCC2)cc1. The number of amides is 1. The lowest BCUT2D eigenvalue weighted by atomic mass is 10.0. The van der Waals surface area contributed by atoms with E-state index in [0.29, 0.717) is 32.8 Å². The van der Waals surface area contributed by atoms with Gasteiger partial charge < -0.3 is 14.8 Å². The van der Waals surface area contributed by atoms with Crippen molar-refractivity contribution in [1.82, 2.24) is 10.2 Å². The molecule has 5 nitrogen and oxygen atoms in total. The van der Waals surface area contributed by atoms with Crippen LogP contribution in [0.15, 0.2) is 48.5 Å². The van der Waals surface area contributed by atoms with Gasteiger partial charge >= 0.3 is 0 Å². The van der Waals surface area contributed by atoms with Crippen molar-refractivity contribution >= 4 is 5.91 Å². The molecule has 0 spiro atoms. The summed E-state index contributed by atoms with van der Waals surface area (Å²) in [5, 5.41) is 3.03. The lowest BCUT2D eigenvalue weighted by molar-refractivity contribution is -0.120. The van der Waals surface area contributed by atoms with Crippen LogP contribution in [0, 0.1) is 5.82 Å². The number of halogens is 1. The van der Waals surface area contributed by atoms with E-state index in [1.807, 2.05) is 31.2 Å². The van der Waals surface area contributed by atoms with Crippen molar-refractivity contribution < 1.29 is 18.7 Å². The molecule has 1 saturated heterocycles. The third kappa shape index (κ3) is 5.78. The Labute approximate surface area is 165 Å². The van der Waals surface area contributed by atoms with E-state index in [9.17, 15) is 9.18 Å². The highest BCUT2D eigenvalue weighted by Gasteiger charge is 2.23. The Morgan fingerprint density at radius 3 is 2.46 bits per heavy atom. The van der Waals surface area contributed by atoms with Gasteiger partial charge in [-0.1, -0.05) is 24.3 Å². The second kappa shape index (κ2) is 10.2. The van der Waals surface area contributed by atoms with Crippen LogP contribution in [0.3, 0.4) is 0 Å². The van der Waals surface area contributed by atoms with E-state index >= 15 is 0 Å². The molecule has 0 aromatic heterocycles. The van der Waals surface area contributed by atoms with Gasteiger partial charge in [0, 0.05) is 19.6 Å². The van der Waals surface area contributed by atoms with Crippen LogP contribution in [0.1, 0.15) is 24.1 Å². The summed E-state index contributed by atoms with van der Waals surface area (Å²) in [6.07, 6.45) is 0.311. The molecule has 0 aliphatic carbocycles. The number of benzene rings is 2. The van der Waals surface area contributed by atoms with Crippen LogP contribution in [0.5, 0.6) is 5.75 Å². The number of carbonyl (C=O) groups excluding carboxylic acids is 1. The average Bonchev–Trinajstić information content (AvgIpc) is 2.72. The minimum absolute atomic E-state index is 0.00576. The summed E-state index contributed by atoms with van der Waals surface area (Å²) in [5.74, 6) is 0.504. The first-order chi connectivity index (χ1) is 13.7. The number of nitrogens with one attached hydrogen (secondary N) is 1. The summed E-state index contributed by atoms with van der Waals surface area (Å²) in [4.78, 5) is 14.7. The molecule has 1 amide bonds. The predicted octanol–water partition coefficient (Wildman–Crippen LogP) is 2.96. The fraction of sp³-hybridized carbons (Fsp3) is 0.409. The Balaban J connectivity index is 1.60. The van der Waals surface area contributed by atoms with E-state index in [4.69, 9.17) is 9.47 Å². The Kier molecular flexibility index (Phi) is 7.39. The fourth-order valence-corrected chi connectivity index (χ4v) is 3.36. The smallest absolute Gasteiger partial charge is 0.224 e. The lowest BCUT2D eigenvalue weighted by Gasteiger charge is -2.35. The normalized spacial score (nSPS) is 15.8. The lowest BCUT2D eigenvalue weighted by Crippen LogP contribution is -2.44. The van der Waals surface area contributed by atoms with Crippen molar-refractivity contribution in [1.29, 1.82) is 0 Å². The number of ether oxygens (including phenoxy) is 2. The zero-order valence-corrected chi connectivity index (χ0v) is 16.2. The number of nitrogens with zero attached hydrogens (tertiary/aromatic N) is 1. The number of rotatable bonds is 8. The van der Waals surface area contributed by atoms with Crippen LogP contribution in [0.25, 0.3) is 0 Å². The van der Waals surface area contributed by atoms with Gasteiger partial charge in [0.25, 0.3) is 0 Å². The Morgan fingerprint density at radius 2 is 1.82 bits per heavy atom. The molecule has 2 aromatic carbocycles. The monoisotopic (exact) mass is 386 g/mol. The first-order valence-corrected chi connectivity index (χ1v) is 9.71. The molecular weight excluding hydrogens is 359 g/mol. The molecule has 2 aromatic rings. The molecule has 6 heteroatoms. The molecule has 0 saturated carbocycles. The topological polar surface area (TPSA) is 50.8 Å². The number of hydrogen-bond acceptors (Lipinski definition) is 4. The molecule has 1 aliphatic heterocycles. The van der Waals surface area contributed by atoms with Crippen LogP contribution in [-0.4, -0.2) is 50.3 Å². The van der Waals surface area contributed by atoms with Crippen LogP contribution in [0.4, 0.5) is 4.39 Å². The summed E-state index contributed by atoms with van der Waals surface area (Å²) in [5.41, 5.74) is 1.93. The van der Waals surface area contributed by atoms with Gasteiger partial charge in [0.1, 0.15) is 11.6 Å². The zero-order valence-electron chi connectivity index (χ0n) is 16.2. The molecule has 1 aliphatic rings. The van der Waals surface area contributed by atoms with Gasteiger partial charge in [-0.05, 0) is 42.3 Å². The first kappa shape index (κ1) is 20.3. The molecule has 0 unspecified atom stereocenters. The first-order valence-electron chi connectivity index (χ1n) is 9.71. The summed E-state index contributed by atoms with van der Waals surface area (Å²) in [7, 11) is 0. The van der Waals surface area contributed by atoms with Crippen molar-refractivity contribution in [3.63, 3.8) is 0 Å². The molecule has 0 bridgehead atoms. The largest absolute Gasteiger partial charge is 0.494 e. The van der Waals surface area contributed by atoms with Gasteiger partial charge in [0.05, 0.1) is 32.3 Å². The summed E-state index contributed by atoms with van der Waals surface area (Å²) < 4.78 is 24.2. The highest BCUT2D eigenvalue weighted by Crippen LogP contribution is 2.22. The molecule has 0 radical (unpaired) electrons. The molecule has 1 fully saturated rings. The van der Waals surface area contributed by atoms with Gasteiger partial charge in [0.2, 0.25) is 5.91 Å². The van der Waals surface area contributed by atoms with Gasteiger partial charge in [-0.15, -0.1) is 0 Å². The van der Waals surface area contributed by atoms with Crippen LogP contribution in [0.2, 0.25) is 0 Å². The standard InChI is InChI=1S/C22H27FN2O3/c1-2-28-20-9-3-17(4-10-20)15-22(26)24-16-21(25-11-13-27-14-12-25)18-5-7-19(23)8-6-18/h3-10,21H,2,11-16H2,1H3,(H,24,26)/t21-/m0/s1. The third-order valence-corrected chi connectivity index (χ3v) is 4.83.